The van der Waals surface area contributed by atoms with Gasteiger partial charge in [0.2, 0.25) is 10.0 Å². The Bertz CT molecular complexity index is 775. The van der Waals surface area contributed by atoms with E-state index in [9.17, 15) is 22.7 Å². The number of carboxylic acid groups (broad SMARTS) is 1. The molecule has 2 rings (SSSR count). The van der Waals surface area contributed by atoms with Crippen molar-refractivity contribution in [3.63, 3.8) is 0 Å². The monoisotopic (exact) mass is 322 g/mol. The number of hydrogen-bond donors (Lipinski definition) is 1. The molecule has 0 atom stereocenters. The van der Waals surface area contributed by atoms with Crippen LogP contribution in [-0.2, 0) is 16.4 Å². The van der Waals surface area contributed by atoms with Gasteiger partial charge in [0.05, 0.1) is 10.9 Å². The Kier molecular flexibility index (Phi) is 4.89. The smallest absolute Gasteiger partial charge is 0.240 e. The molecule has 0 aliphatic heterocycles. The Labute approximate surface area is 127 Å². The normalized spacial score (nSPS) is 11.3. The second kappa shape index (κ2) is 6.67. The van der Waals surface area contributed by atoms with Crippen LogP contribution in [0.1, 0.15) is 15.9 Å². The van der Waals surface area contributed by atoms with Gasteiger partial charge < -0.3 is 9.90 Å². The van der Waals surface area contributed by atoms with Gasteiger partial charge in [-0.2, -0.15) is 0 Å². The standard InChI is InChI=1S/C15H14FNO4S/c16-14-7-6-12(10-13(14)15(18)19)22(20,21)17-9-8-11-4-2-1-3-5-11/h1-7,10,17H,8-9H2,(H,18,19)/p-1. The highest BCUT2D eigenvalue weighted by Crippen LogP contribution is 2.14. The first kappa shape index (κ1) is 16.1. The molecule has 116 valence electrons. The summed E-state index contributed by atoms with van der Waals surface area (Å²) in [5, 5.41) is 10.7. The van der Waals surface area contributed by atoms with Crippen LogP contribution in [0, 0.1) is 5.82 Å². The Morgan fingerprint density at radius 3 is 2.45 bits per heavy atom. The zero-order chi connectivity index (χ0) is 16.2. The van der Waals surface area contributed by atoms with Gasteiger partial charge in [-0.15, -0.1) is 0 Å². The van der Waals surface area contributed by atoms with E-state index in [0.717, 1.165) is 23.8 Å². The summed E-state index contributed by atoms with van der Waals surface area (Å²) in [4.78, 5) is 10.4. The van der Waals surface area contributed by atoms with E-state index >= 15 is 0 Å². The zero-order valence-electron chi connectivity index (χ0n) is 11.5. The molecule has 7 heteroatoms. The van der Waals surface area contributed by atoms with E-state index in [1.807, 2.05) is 30.3 Å². The highest BCUT2D eigenvalue weighted by molar-refractivity contribution is 7.89. The molecule has 1 N–H and O–H groups in total. The molecule has 0 bridgehead atoms. The molecule has 0 aliphatic carbocycles. The lowest BCUT2D eigenvalue weighted by Gasteiger charge is -2.10. The average Bonchev–Trinajstić information content (AvgIpc) is 2.48. The summed E-state index contributed by atoms with van der Waals surface area (Å²) in [5.41, 5.74) is 0.172. The van der Waals surface area contributed by atoms with Crippen molar-refractivity contribution in [2.45, 2.75) is 11.3 Å². The number of hydrogen-bond acceptors (Lipinski definition) is 4. The van der Waals surface area contributed by atoms with Gasteiger partial charge in [-0.1, -0.05) is 30.3 Å². The van der Waals surface area contributed by atoms with Gasteiger partial charge in [-0.05, 0) is 30.2 Å². The highest BCUT2D eigenvalue weighted by Gasteiger charge is 2.16. The summed E-state index contributed by atoms with van der Waals surface area (Å²) in [6.07, 6.45) is 0.481. The van der Waals surface area contributed by atoms with Gasteiger partial charge in [0.25, 0.3) is 0 Å². The van der Waals surface area contributed by atoms with E-state index in [2.05, 4.69) is 4.72 Å². The summed E-state index contributed by atoms with van der Waals surface area (Å²) >= 11 is 0. The first-order valence-electron chi connectivity index (χ1n) is 6.44. The van der Waals surface area contributed by atoms with Gasteiger partial charge in [0.1, 0.15) is 5.82 Å². The van der Waals surface area contributed by atoms with E-state index in [0.29, 0.717) is 6.42 Å². The summed E-state index contributed by atoms with van der Waals surface area (Å²) < 4.78 is 39.7. The summed E-state index contributed by atoms with van der Waals surface area (Å²) in [7, 11) is -3.91. The maximum absolute atomic E-state index is 13.2. The predicted molar refractivity (Wildman–Crippen MR) is 76.1 cm³/mol. The van der Waals surface area contributed by atoms with Crippen LogP contribution < -0.4 is 9.83 Å². The maximum Gasteiger partial charge on any atom is 0.240 e. The fourth-order valence-electron chi connectivity index (χ4n) is 1.89. The summed E-state index contributed by atoms with van der Waals surface area (Å²) in [6, 6.07) is 11.8. The van der Waals surface area contributed by atoms with E-state index in [1.165, 1.54) is 0 Å². The van der Waals surface area contributed by atoms with Crippen molar-refractivity contribution in [2.24, 2.45) is 0 Å². The van der Waals surface area contributed by atoms with Crippen LogP contribution in [0.15, 0.2) is 53.4 Å². The molecule has 0 saturated carbocycles. The molecular weight excluding hydrogens is 309 g/mol. The molecule has 0 radical (unpaired) electrons. The van der Waals surface area contributed by atoms with Crippen molar-refractivity contribution >= 4 is 16.0 Å². The van der Waals surface area contributed by atoms with Gasteiger partial charge in [0.15, 0.2) is 0 Å². The predicted octanol–water partition coefficient (Wildman–Crippen LogP) is 0.710. The van der Waals surface area contributed by atoms with Crippen molar-refractivity contribution in [3.8, 4) is 0 Å². The molecule has 0 amide bonds. The fourth-order valence-corrected chi connectivity index (χ4v) is 2.94. The van der Waals surface area contributed by atoms with E-state index in [4.69, 9.17) is 0 Å². The van der Waals surface area contributed by atoms with E-state index < -0.39 is 27.4 Å². The van der Waals surface area contributed by atoms with Gasteiger partial charge in [0, 0.05) is 12.1 Å². The van der Waals surface area contributed by atoms with Crippen LogP contribution in [-0.4, -0.2) is 20.9 Å². The fraction of sp³-hybridized carbons (Fsp3) is 0.133. The number of benzene rings is 2. The van der Waals surface area contributed by atoms with Crippen LogP contribution in [0.3, 0.4) is 0 Å². The third-order valence-electron chi connectivity index (χ3n) is 3.02. The van der Waals surface area contributed by atoms with Crippen molar-refractivity contribution in [2.75, 3.05) is 6.54 Å². The maximum atomic E-state index is 13.2. The third-order valence-corrected chi connectivity index (χ3v) is 4.48. The second-order valence-corrected chi connectivity index (χ2v) is 6.33. The van der Waals surface area contributed by atoms with Crippen molar-refractivity contribution in [1.82, 2.24) is 4.72 Å². The molecule has 2 aromatic rings. The molecule has 2 aromatic carbocycles. The first-order valence-corrected chi connectivity index (χ1v) is 7.93. The lowest BCUT2D eigenvalue weighted by atomic mass is 10.2. The molecule has 5 nitrogen and oxygen atoms in total. The van der Waals surface area contributed by atoms with Crippen molar-refractivity contribution < 1.29 is 22.7 Å². The number of carbonyl (C=O) groups excluding carboxylic acids is 1. The molecule has 0 saturated heterocycles. The number of aromatic carboxylic acids is 1. The quantitative estimate of drug-likeness (QED) is 0.848. The number of nitrogens with one attached hydrogen (secondary N) is 1. The van der Waals surface area contributed by atoms with E-state index in [1.54, 1.807) is 0 Å². The molecule has 0 unspecified atom stereocenters. The minimum atomic E-state index is -3.91. The average molecular weight is 322 g/mol. The third kappa shape index (κ3) is 3.90. The molecule has 0 heterocycles. The van der Waals surface area contributed by atoms with Crippen molar-refractivity contribution in [1.29, 1.82) is 0 Å². The zero-order valence-corrected chi connectivity index (χ0v) is 12.3. The number of carbonyl (C=O) groups is 1. The summed E-state index contributed by atoms with van der Waals surface area (Å²) in [6.45, 7) is 0.143. The SMILES string of the molecule is O=C([O-])c1cc(S(=O)(=O)NCCc2ccccc2)ccc1F. The lowest BCUT2D eigenvalue weighted by Crippen LogP contribution is -2.28. The topological polar surface area (TPSA) is 86.3 Å². The van der Waals surface area contributed by atoms with Crippen LogP contribution in [0.25, 0.3) is 0 Å². The highest BCUT2D eigenvalue weighted by atomic mass is 32.2. The Morgan fingerprint density at radius 2 is 1.82 bits per heavy atom. The minimum absolute atomic E-state index is 0.143. The summed E-state index contributed by atoms with van der Waals surface area (Å²) in [5.74, 6) is -2.80. The van der Waals surface area contributed by atoms with Crippen LogP contribution in [0.5, 0.6) is 0 Å². The largest absolute Gasteiger partial charge is 0.545 e. The Morgan fingerprint density at radius 1 is 1.14 bits per heavy atom. The molecule has 0 aromatic heterocycles. The molecular formula is C15H13FNO4S-. The molecule has 22 heavy (non-hydrogen) atoms. The molecule has 0 aliphatic rings. The Balaban J connectivity index is 2.10. The van der Waals surface area contributed by atoms with Crippen LogP contribution in [0.4, 0.5) is 4.39 Å². The van der Waals surface area contributed by atoms with Crippen LogP contribution >= 0.6 is 0 Å². The van der Waals surface area contributed by atoms with Gasteiger partial charge in [-0.3, -0.25) is 0 Å². The number of rotatable bonds is 6. The molecule has 0 fully saturated rings. The van der Waals surface area contributed by atoms with Gasteiger partial charge >= 0.3 is 0 Å². The first-order chi connectivity index (χ1) is 10.4. The Hall–Kier alpha value is -2.25. The van der Waals surface area contributed by atoms with Gasteiger partial charge in [-0.25, -0.2) is 17.5 Å². The van der Waals surface area contributed by atoms with E-state index in [-0.39, 0.29) is 11.4 Å². The van der Waals surface area contributed by atoms with Crippen LogP contribution in [0.2, 0.25) is 0 Å². The lowest BCUT2D eigenvalue weighted by molar-refractivity contribution is -0.255. The molecule has 0 spiro atoms. The number of sulfonamides is 1. The van der Waals surface area contributed by atoms with Crippen molar-refractivity contribution in [3.05, 3.63) is 65.5 Å². The minimum Gasteiger partial charge on any atom is -0.545 e. The number of carboxylic acids is 1. The second-order valence-electron chi connectivity index (χ2n) is 4.56. The number of halogens is 1.